The molecular weight excluding hydrogens is 328 g/mol. The van der Waals surface area contributed by atoms with E-state index in [0.29, 0.717) is 45.4 Å². The smallest absolute Gasteiger partial charge is 0.372 e. The first-order chi connectivity index (χ1) is 11.6. The van der Waals surface area contributed by atoms with E-state index in [4.69, 9.17) is 24.1 Å². The van der Waals surface area contributed by atoms with Gasteiger partial charge in [0.05, 0.1) is 26.4 Å². The lowest BCUT2D eigenvalue weighted by atomic mass is 10.4. The van der Waals surface area contributed by atoms with E-state index in [1.807, 2.05) is 30.3 Å². The van der Waals surface area contributed by atoms with Gasteiger partial charge in [-0.05, 0) is 17.7 Å². The van der Waals surface area contributed by atoms with Crippen molar-refractivity contribution < 1.29 is 23.1 Å². The quantitative estimate of drug-likeness (QED) is 0.401. The van der Waals surface area contributed by atoms with Gasteiger partial charge in [0.1, 0.15) is 0 Å². The number of nitrogens with one attached hydrogen (secondary N) is 1. The van der Waals surface area contributed by atoms with E-state index in [9.17, 15) is 4.79 Å². The highest BCUT2D eigenvalue weighted by molar-refractivity contribution is 6.81. The van der Waals surface area contributed by atoms with Crippen LogP contribution in [0.2, 0.25) is 6.04 Å². The third kappa shape index (κ3) is 7.41. The molecule has 0 saturated carbocycles. The van der Waals surface area contributed by atoms with Crippen LogP contribution in [-0.4, -0.2) is 61.8 Å². The molecule has 3 N–H and O–H groups in total. The van der Waals surface area contributed by atoms with Crippen LogP contribution in [-0.2, 0) is 18.3 Å². The molecule has 0 aliphatic heterocycles. The molecule has 7 nitrogen and oxygen atoms in total. The van der Waals surface area contributed by atoms with Gasteiger partial charge in [0, 0.05) is 20.8 Å². The predicted molar refractivity (Wildman–Crippen MR) is 94.5 cm³/mol. The summed E-state index contributed by atoms with van der Waals surface area (Å²) >= 11 is 0. The van der Waals surface area contributed by atoms with E-state index in [1.165, 1.54) is 0 Å². The summed E-state index contributed by atoms with van der Waals surface area (Å²) in [6.07, 6.45) is 0.712. The van der Waals surface area contributed by atoms with Gasteiger partial charge in [0.2, 0.25) is 0 Å². The van der Waals surface area contributed by atoms with Crippen molar-refractivity contribution in [1.29, 1.82) is 0 Å². The number of ether oxygens (including phenoxy) is 2. The number of amides is 2. The second-order valence-electron chi connectivity index (χ2n) is 5.20. The normalized spacial score (nSPS) is 11.4. The third-order valence-electron chi connectivity index (χ3n) is 3.44. The average molecular weight is 356 g/mol. The van der Waals surface area contributed by atoms with Crippen LogP contribution in [0.15, 0.2) is 30.3 Å². The highest BCUT2D eigenvalue weighted by Gasteiger charge is 2.39. The number of methoxy groups -OCH3 is 2. The number of benzene rings is 1. The molecule has 1 rings (SSSR count). The summed E-state index contributed by atoms with van der Waals surface area (Å²) in [6.45, 7) is 2.38. The summed E-state index contributed by atoms with van der Waals surface area (Å²) < 4.78 is 22.6. The molecule has 0 saturated heterocycles. The summed E-state index contributed by atoms with van der Waals surface area (Å²) in [5, 5.41) is 3.66. The molecule has 8 heteroatoms. The van der Waals surface area contributed by atoms with Crippen molar-refractivity contribution in [2.45, 2.75) is 12.5 Å². The lowest BCUT2D eigenvalue weighted by molar-refractivity contribution is 0.0914. The minimum absolute atomic E-state index is 0.452. The second-order valence-corrected chi connectivity index (χ2v) is 8.36. The van der Waals surface area contributed by atoms with E-state index in [1.54, 1.807) is 14.2 Å². The summed E-state index contributed by atoms with van der Waals surface area (Å²) in [5.41, 5.74) is 5.12. The van der Waals surface area contributed by atoms with E-state index in [-0.39, 0.29) is 0 Å². The molecule has 24 heavy (non-hydrogen) atoms. The molecule has 0 aliphatic carbocycles. The molecule has 136 valence electrons. The molecule has 0 spiro atoms. The second kappa shape index (κ2) is 12.0. The van der Waals surface area contributed by atoms with Crippen LogP contribution in [0.3, 0.4) is 0 Å². The first-order valence-electron chi connectivity index (χ1n) is 7.99. The van der Waals surface area contributed by atoms with E-state index in [2.05, 4.69) is 5.32 Å². The Bertz CT molecular complexity index is 451. The topological polar surface area (TPSA) is 92.0 Å². The van der Waals surface area contributed by atoms with Crippen LogP contribution in [0.4, 0.5) is 4.79 Å². The molecule has 0 atom stereocenters. The number of urea groups is 1. The molecule has 0 aromatic heterocycles. The average Bonchev–Trinajstić information content (AvgIpc) is 2.59. The molecule has 0 fully saturated rings. The fourth-order valence-corrected chi connectivity index (χ4v) is 5.46. The Morgan fingerprint density at radius 3 is 2.12 bits per heavy atom. The van der Waals surface area contributed by atoms with Crippen molar-refractivity contribution in [3.8, 4) is 0 Å². The Labute approximate surface area is 144 Å². The van der Waals surface area contributed by atoms with E-state index >= 15 is 0 Å². The Balaban J connectivity index is 2.86. The molecule has 1 aromatic rings. The largest absolute Gasteiger partial charge is 0.389 e. The van der Waals surface area contributed by atoms with E-state index < -0.39 is 14.6 Å². The van der Waals surface area contributed by atoms with Crippen LogP contribution in [0.5, 0.6) is 0 Å². The standard InChI is InChI=1S/C16H28N2O5Si/c1-20-10-12-22-24(23-13-11-21-2,14-6-9-18-16(17)19)15-7-4-3-5-8-15/h3-5,7-8H,6,9-14H2,1-2H3,(H3,17,18,19). The van der Waals surface area contributed by atoms with Gasteiger partial charge in [-0.3, -0.25) is 0 Å². The molecule has 0 unspecified atom stereocenters. The van der Waals surface area contributed by atoms with Crippen LogP contribution in [0.25, 0.3) is 0 Å². The van der Waals surface area contributed by atoms with Crippen molar-refractivity contribution in [2.75, 3.05) is 47.2 Å². The van der Waals surface area contributed by atoms with E-state index in [0.717, 1.165) is 5.19 Å². The highest BCUT2D eigenvalue weighted by atomic mass is 28.4. The Morgan fingerprint density at radius 1 is 1.04 bits per heavy atom. The zero-order chi connectivity index (χ0) is 17.7. The van der Waals surface area contributed by atoms with Crippen molar-refractivity contribution in [2.24, 2.45) is 5.73 Å². The van der Waals surface area contributed by atoms with Gasteiger partial charge in [0.25, 0.3) is 0 Å². The maximum absolute atomic E-state index is 10.8. The van der Waals surface area contributed by atoms with Crippen LogP contribution in [0, 0.1) is 0 Å². The van der Waals surface area contributed by atoms with Gasteiger partial charge in [-0.2, -0.15) is 0 Å². The lowest BCUT2D eigenvalue weighted by Crippen LogP contribution is -2.55. The van der Waals surface area contributed by atoms with Crippen molar-refractivity contribution in [1.82, 2.24) is 5.32 Å². The Kier molecular flexibility index (Phi) is 10.3. The van der Waals surface area contributed by atoms with Gasteiger partial charge in [-0.1, -0.05) is 30.3 Å². The molecule has 0 bridgehead atoms. The first kappa shape index (κ1) is 20.6. The summed E-state index contributed by atoms with van der Waals surface area (Å²) in [5.74, 6) is 0. The monoisotopic (exact) mass is 356 g/mol. The molecule has 0 heterocycles. The predicted octanol–water partition coefficient (Wildman–Crippen LogP) is 0.720. The fraction of sp³-hybridized carbons (Fsp3) is 0.562. The number of carbonyl (C=O) groups excluding carboxylic acids is 1. The molecule has 2 amide bonds. The Hall–Kier alpha value is -1.45. The van der Waals surface area contributed by atoms with Crippen LogP contribution in [0.1, 0.15) is 6.42 Å². The maximum Gasteiger partial charge on any atom is 0.372 e. The Morgan fingerprint density at radius 2 is 1.62 bits per heavy atom. The summed E-state index contributed by atoms with van der Waals surface area (Å²) in [4.78, 5) is 10.8. The third-order valence-corrected chi connectivity index (χ3v) is 7.01. The fourth-order valence-electron chi connectivity index (χ4n) is 2.30. The maximum atomic E-state index is 10.8. The first-order valence-corrected chi connectivity index (χ1v) is 10.0. The number of nitrogens with two attached hydrogens (primary N) is 1. The van der Waals surface area contributed by atoms with Crippen molar-refractivity contribution in [3.05, 3.63) is 30.3 Å². The molecule has 1 aromatic carbocycles. The minimum atomic E-state index is -2.67. The number of carbonyl (C=O) groups is 1. The zero-order valence-corrected chi connectivity index (χ0v) is 15.5. The van der Waals surface area contributed by atoms with Gasteiger partial charge >= 0.3 is 14.6 Å². The van der Waals surface area contributed by atoms with Gasteiger partial charge in [0.15, 0.2) is 0 Å². The SMILES string of the molecule is COCCO[Si](CCCNC(N)=O)(OCCOC)c1ccccc1. The number of primary amides is 1. The number of hydrogen-bond acceptors (Lipinski definition) is 5. The van der Waals surface area contributed by atoms with Crippen LogP contribution >= 0.6 is 0 Å². The van der Waals surface area contributed by atoms with Gasteiger partial charge < -0.3 is 29.4 Å². The zero-order valence-electron chi connectivity index (χ0n) is 14.5. The van der Waals surface area contributed by atoms with Crippen molar-refractivity contribution >= 4 is 19.8 Å². The number of hydrogen-bond donors (Lipinski definition) is 2. The lowest BCUT2D eigenvalue weighted by Gasteiger charge is -2.31. The molecule has 0 radical (unpaired) electrons. The van der Waals surface area contributed by atoms with Crippen molar-refractivity contribution in [3.63, 3.8) is 0 Å². The summed E-state index contributed by atoms with van der Waals surface area (Å²) in [6, 6.07) is 10.1. The van der Waals surface area contributed by atoms with Gasteiger partial charge in [-0.15, -0.1) is 0 Å². The van der Waals surface area contributed by atoms with Gasteiger partial charge in [-0.25, -0.2) is 4.79 Å². The highest BCUT2D eigenvalue weighted by Crippen LogP contribution is 2.17. The van der Waals surface area contributed by atoms with Crippen LogP contribution < -0.4 is 16.2 Å². The minimum Gasteiger partial charge on any atom is -0.389 e. The summed E-state index contributed by atoms with van der Waals surface area (Å²) in [7, 11) is 0.603. The molecular formula is C16H28N2O5Si. The number of rotatable bonds is 13. The molecule has 0 aliphatic rings.